The van der Waals surface area contributed by atoms with Crippen LogP contribution in [0.1, 0.15) is 59.3 Å². The quantitative estimate of drug-likeness (QED) is 0.772. The molecule has 2 heterocycles. The molecule has 3 aliphatic rings. The molecule has 0 aromatic heterocycles. The number of guanidine groups is 1. The summed E-state index contributed by atoms with van der Waals surface area (Å²) in [5.74, 6) is 1.97. The van der Waals surface area contributed by atoms with Crippen LogP contribution in [0.15, 0.2) is 0 Å². The Balaban J connectivity index is 1.50. The van der Waals surface area contributed by atoms with E-state index in [4.69, 9.17) is 5.41 Å². The number of piperidine rings is 1. The van der Waals surface area contributed by atoms with Crippen LogP contribution in [-0.4, -0.2) is 52.7 Å². The molecule has 6 nitrogen and oxygen atoms in total. The second-order valence-corrected chi connectivity index (χ2v) is 8.79. The smallest absolute Gasteiger partial charge is 0.254 e. The van der Waals surface area contributed by atoms with Crippen molar-refractivity contribution in [1.29, 1.82) is 5.41 Å². The highest BCUT2D eigenvalue weighted by molar-refractivity contribution is 6.07. The summed E-state index contributed by atoms with van der Waals surface area (Å²) in [6, 6.07) is 0. The van der Waals surface area contributed by atoms with Crippen LogP contribution in [0.3, 0.4) is 0 Å². The largest absolute Gasteiger partial charge is 0.343 e. The third-order valence-electron chi connectivity index (χ3n) is 5.77. The molecule has 2 amide bonds. The lowest BCUT2D eigenvalue weighted by atomic mass is 9.90. The van der Waals surface area contributed by atoms with Crippen LogP contribution in [0.5, 0.6) is 0 Å². The summed E-state index contributed by atoms with van der Waals surface area (Å²) in [6.07, 6.45) is 5.73. The van der Waals surface area contributed by atoms with Crippen LogP contribution in [0.4, 0.5) is 0 Å². The average Bonchev–Trinajstić information content (AvgIpc) is 3.32. The Morgan fingerprint density at radius 1 is 1.24 bits per heavy atom. The van der Waals surface area contributed by atoms with E-state index < -0.39 is 5.54 Å². The standard InChI is InChI=1S/C19H32N4O2/c1-13(2)11-19(3)17(25)23(18(20)21-19)12-15-6-8-22(9-7-15)16(24)10-14-4-5-14/h13-15H,4-12H2,1-3H3,(H2,20,21). The monoisotopic (exact) mass is 348 g/mol. The van der Waals surface area contributed by atoms with Crippen LogP contribution in [0.2, 0.25) is 0 Å². The highest BCUT2D eigenvalue weighted by Gasteiger charge is 2.46. The minimum absolute atomic E-state index is 0.0263. The van der Waals surface area contributed by atoms with E-state index in [1.165, 1.54) is 12.8 Å². The van der Waals surface area contributed by atoms with Gasteiger partial charge in [0, 0.05) is 26.1 Å². The SMILES string of the molecule is CC(C)CC1(C)NC(=N)N(CC2CCN(C(=O)CC3CC3)CC2)C1=O. The second-order valence-electron chi connectivity index (χ2n) is 8.79. The summed E-state index contributed by atoms with van der Waals surface area (Å²) < 4.78 is 0. The third-order valence-corrected chi connectivity index (χ3v) is 5.77. The summed E-state index contributed by atoms with van der Waals surface area (Å²) >= 11 is 0. The number of rotatable bonds is 6. The van der Waals surface area contributed by atoms with E-state index in [1.807, 2.05) is 11.8 Å². The molecule has 0 aromatic carbocycles. The van der Waals surface area contributed by atoms with Crippen molar-refractivity contribution in [1.82, 2.24) is 15.1 Å². The van der Waals surface area contributed by atoms with Gasteiger partial charge >= 0.3 is 0 Å². The van der Waals surface area contributed by atoms with Crippen LogP contribution >= 0.6 is 0 Å². The van der Waals surface area contributed by atoms with E-state index in [1.54, 1.807) is 4.90 Å². The Labute approximate surface area is 150 Å². The van der Waals surface area contributed by atoms with Gasteiger partial charge in [-0.1, -0.05) is 13.8 Å². The van der Waals surface area contributed by atoms with E-state index in [0.29, 0.717) is 30.2 Å². The predicted molar refractivity (Wildman–Crippen MR) is 97.1 cm³/mol. The number of hydrogen-bond donors (Lipinski definition) is 2. The highest BCUT2D eigenvalue weighted by Crippen LogP contribution is 2.33. The van der Waals surface area contributed by atoms with Gasteiger partial charge in [-0.15, -0.1) is 0 Å². The van der Waals surface area contributed by atoms with E-state index in [9.17, 15) is 9.59 Å². The first-order chi connectivity index (χ1) is 11.8. The van der Waals surface area contributed by atoms with Gasteiger partial charge < -0.3 is 10.2 Å². The minimum Gasteiger partial charge on any atom is -0.343 e. The summed E-state index contributed by atoms with van der Waals surface area (Å²) in [4.78, 5) is 28.6. The van der Waals surface area contributed by atoms with Gasteiger partial charge in [-0.05, 0) is 56.8 Å². The fourth-order valence-corrected chi connectivity index (χ4v) is 4.23. The Morgan fingerprint density at radius 3 is 2.44 bits per heavy atom. The van der Waals surface area contributed by atoms with E-state index in [2.05, 4.69) is 19.2 Å². The number of likely N-dealkylation sites (tertiary alicyclic amines) is 1. The minimum atomic E-state index is -0.647. The number of amides is 2. The molecule has 1 aliphatic carbocycles. The second kappa shape index (κ2) is 6.96. The van der Waals surface area contributed by atoms with Gasteiger partial charge in [-0.2, -0.15) is 0 Å². The number of carbonyl (C=O) groups is 2. The maximum atomic E-state index is 12.8. The molecule has 0 spiro atoms. The van der Waals surface area contributed by atoms with Gasteiger partial charge in [-0.25, -0.2) is 0 Å². The van der Waals surface area contributed by atoms with Crippen molar-refractivity contribution in [2.24, 2.45) is 17.8 Å². The zero-order valence-electron chi connectivity index (χ0n) is 15.8. The lowest BCUT2D eigenvalue weighted by Gasteiger charge is -2.34. The first kappa shape index (κ1) is 18.2. The molecule has 3 fully saturated rings. The molecule has 1 unspecified atom stereocenters. The summed E-state index contributed by atoms with van der Waals surface area (Å²) in [5, 5.41) is 11.3. The van der Waals surface area contributed by atoms with E-state index in [-0.39, 0.29) is 11.9 Å². The summed E-state index contributed by atoms with van der Waals surface area (Å²) in [6.45, 7) is 8.29. The molecule has 1 saturated carbocycles. The molecule has 2 aliphatic heterocycles. The van der Waals surface area contributed by atoms with Gasteiger partial charge in [-0.3, -0.25) is 19.9 Å². The molecule has 2 N–H and O–H groups in total. The molecule has 140 valence electrons. The van der Waals surface area contributed by atoms with Crippen LogP contribution < -0.4 is 5.32 Å². The van der Waals surface area contributed by atoms with Crippen molar-refractivity contribution in [3.05, 3.63) is 0 Å². The molecule has 0 radical (unpaired) electrons. The zero-order valence-corrected chi connectivity index (χ0v) is 15.8. The third kappa shape index (κ3) is 4.15. The van der Waals surface area contributed by atoms with Crippen molar-refractivity contribution in [2.75, 3.05) is 19.6 Å². The molecule has 0 aromatic rings. The van der Waals surface area contributed by atoms with Gasteiger partial charge in [0.25, 0.3) is 5.91 Å². The highest BCUT2D eigenvalue weighted by atomic mass is 16.2. The summed E-state index contributed by atoms with van der Waals surface area (Å²) in [7, 11) is 0. The first-order valence-electron chi connectivity index (χ1n) is 9.75. The van der Waals surface area contributed by atoms with Crippen molar-refractivity contribution in [3.63, 3.8) is 0 Å². The maximum absolute atomic E-state index is 12.8. The fraction of sp³-hybridized carbons (Fsp3) is 0.842. The average molecular weight is 348 g/mol. The number of carbonyl (C=O) groups excluding carboxylic acids is 2. The summed E-state index contributed by atoms with van der Waals surface area (Å²) in [5.41, 5.74) is -0.647. The lowest BCUT2D eigenvalue weighted by Crippen LogP contribution is -2.46. The lowest BCUT2D eigenvalue weighted by molar-refractivity contribution is -0.134. The molecule has 6 heteroatoms. The Kier molecular flexibility index (Phi) is 5.07. The first-order valence-corrected chi connectivity index (χ1v) is 9.75. The van der Waals surface area contributed by atoms with Gasteiger partial charge in [0.05, 0.1) is 0 Å². The van der Waals surface area contributed by atoms with Gasteiger partial charge in [0.1, 0.15) is 5.54 Å². The number of hydrogen-bond acceptors (Lipinski definition) is 3. The van der Waals surface area contributed by atoms with Gasteiger partial charge in [0.2, 0.25) is 5.91 Å². The Hall–Kier alpha value is -1.59. The molecular weight excluding hydrogens is 316 g/mol. The molecule has 25 heavy (non-hydrogen) atoms. The van der Waals surface area contributed by atoms with Gasteiger partial charge in [0.15, 0.2) is 5.96 Å². The van der Waals surface area contributed by atoms with E-state index >= 15 is 0 Å². The maximum Gasteiger partial charge on any atom is 0.254 e. The fourth-order valence-electron chi connectivity index (χ4n) is 4.23. The van der Waals surface area contributed by atoms with Crippen LogP contribution in [0, 0.1) is 23.2 Å². The number of nitrogens with zero attached hydrogens (tertiary/aromatic N) is 2. The molecule has 0 bridgehead atoms. The van der Waals surface area contributed by atoms with E-state index in [0.717, 1.165) is 38.8 Å². The van der Waals surface area contributed by atoms with Crippen molar-refractivity contribution >= 4 is 17.8 Å². The topological polar surface area (TPSA) is 76.5 Å². The van der Waals surface area contributed by atoms with Crippen molar-refractivity contribution in [3.8, 4) is 0 Å². The number of nitrogens with one attached hydrogen (secondary N) is 2. The molecular formula is C19H32N4O2. The predicted octanol–water partition coefficient (Wildman–Crippen LogP) is 2.20. The molecule has 3 rings (SSSR count). The Morgan fingerprint density at radius 2 is 1.88 bits per heavy atom. The zero-order chi connectivity index (χ0) is 18.2. The normalized spacial score (nSPS) is 28.0. The molecule has 2 saturated heterocycles. The van der Waals surface area contributed by atoms with Crippen LogP contribution in [0.25, 0.3) is 0 Å². The Bertz CT molecular complexity index is 550. The van der Waals surface area contributed by atoms with Crippen molar-refractivity contribution < 1.29 is 9.59 Å². The van der Waals surface area contributed by atoms with Crippen LogP contribution in [-0.2, 0) is 9.59 Å². The molecule has 1 atom stereocenters. The van der Waals surface area contributed by atoms with Crippen molar-refractivity contribution in [2.45, 2.75) is 64.8 Å².